The monoisotopic (exact) mass is 662 g/mol. The molecule has 0 saturated carbocycles. The Bertz CT molecular complexity index is 1790. The van der Waals surface area contributed by atoms with Gasteiger partial charge >= 0.3 is 6.03 Å². The number of methoxy groups -OCH3 is 1. The number of carbonyl (C=O) groups excluding carboxylic acids is 1. The number of hydrogen-bond acceptors (Lipinski definition) is 7. The number of hydrogen-bond donors (Lipinski definition) is 3. The van der Waals surface area contributed by atoms with Gasteiger partial charge in [-0.15, -0.1) is 11.8 Å². The number of urea groups is 1. The zero-order chi connectivity index (χ0) is 33.3. The van der Waals surface area contributed by atoms with Gasteiger partial charge in [0.2, 0.25) is 0 Å². The molecule has 6 rings (SSSR count). The van der Waals surface area contributed by atoms with E-state index in [2.05, 4.69) is 17.6 Å². The molecule has 9 heteroatoms. The SMILES string of the molecule is COc1ccccc1SCC1OC(c2cccc(NC(=O)Nc3ccc(Oc4ccccc4)cc3)c2)OC(c2ccc(CO)cc2)C1C. The highest BCUT2D eigenvalue weighted by Crippen LogP contribution is 2.44. The smallest absolute Gasteiger partial charge is 0.323 e. The molecule has 1 saturated heterocycles. The Kier molecular flexibility index (Phi) is 10.9. The fraction of sp³-hybridized carbons (Fsp3) is 0.205. The summed E-state index contributed by atoms with van der Waals surface area (Å²) in [5.74, 6) is 2.94. The van der Waals surface area contributed by atoms with Gasteiger partial charge in [-0.2, -0.15) is 0 Å². The molecule has 0 spiro atoms. The average Bonchev–Trinajstić information content (AvgIpc) is 3.12. The van der Waals surface area contributed by atoms with E-state index in [9.17, 15) is 9.90 Å². The van der Waals surface area contributed by atoms with E-state index in [1.54, 1.807) is 43.1 Å². The van der Waals surface area contributed by atoms with Gasteiger partial charge in [0, 0.05) is 33.5 Å². The minimum Gasteiger partial charge on any atom is -0.496 e. The highest BCUT2D eigenvalue weighted by molar-refractivity contribution is 7.99. The number of carbonyl (C=O) groups is 1. The van der Waals surface area contributed by atoms with Gasteiger partial charge in [-0.3, -0.25) is 0 Å². The van der Waals surface area contributed by atoms with Crippen LogP contribution in [0.15, 0.2) is 132 Å². The summed E-state index contributed by atoms with van der Waals surface area (Å²) in [5, 5.41) is 15.4. The van der Waals surface area contributed by atoms with E-state index in [4.69, 9.17) is 18.9 Å². The number of rotatable bonds is 11. The Hall–Kier alpha value is -4.80. The molecule has 48 heavy (non-hydrogen) atoms. The molecule has 1 heterocycles. The van der Waals surface area contributed by atoms with E-state index in [1.807, 2.05) is 103 Å². The molecular formula is C39H38N2O6S. The largest absolute Gasteiger partial charge is 0.496 e. The Morgan fingerprint density at radius 3 is 2.23 bits per heavy atom. The van der Waals surface area contributed by atoms with E-state index in [1.165, 1.54) is 0 Å². The number of para-hydroxylation sites is 2. The van der Waals surface area contributed by atoms with Crippen molar-refractivity contribution in [2.75, 3.05) is 23.5 Å². The predicted molar refractivity (Wildman–Crippen MR) is 189 cm³/mol. The van der Waals surface area contributed by atoms with Crippen LogP contribution in [0.25, 0.3) is 0 Å². The van der Waals surface area contributed by atoms with Crippen molar-refractivity contribution in [3.63, 3.8) is 0 Å². The third-order valence-corrected chi connectivity index (χ3v) is 9.25. The maximum absolute atomic E-state index is 13.0. The molecule has 0 aliphatic carbocycles. The van der Waals surface area contributed by atoms with Gasteiger partial charge in [0.25, 0.3) is 0 Å². The second-order valence-corrected chi connectivity index (χ2v) is 12.5. The van der Waals surface area contributed by atoms with Crippen LogP contribution < -0.4 is 20.1 Å². The van der Waals surface area contributed by atoms with Crippen LogP contribution in [-0.4, -0.2) is 30.1 Å². The summed E-state index contributed by atoms with van der Waals surface area (Å²) in [6, 6.07) is 39.6. The molecule has 1 aliphatic heterocycles. The van der Waals surface area contributed by atoms with E-state index < -0.39 is 6.29 Å². The van der Waals surface area contributed by atoms with Crippen molar-refractivity contribution in [1.29, 1.82) is 0 Å². The molecular weight excluding hydrogens is 625 g/mol. The highest BCUT2D eigenvalue weighted by atomic mass is 32.2. The Morgan fingerprint density at radius 1 is 0.771 bits per heavy atom. The summed E-state index contributed by atoms with van der Waals surface area (Å²) in [6.45, 7) is 2.11. The minimum absolute atomic E-state index is 0.0212. The number of aliphatic hydroxyl groups excluding tert-OH is 1. The number of ether oxygens (including phenoxy) is 4. The van der Waals surface area contributed by atoms with Crippen molar-refractivity contribution in [1.82, 2.24) is 0 Å². The van der Waals surface area contributed by atoms with Gasteiger partial charge < -0.3 is 34.7 Å². The zero-order valence-electron chi connectivity index (χ0n) is 26.7. The van der Waals surface area contributed by atoms with Crippen LogP contribution >= 0.6 is 11.8 Å². The highest BCUT2D eigenvalue weighted by Gasteiger charge is 2.38. The zero-order valence-corrected chi connectivity index (χ0v) is 27.6. The van der Waals surface area contributed by atoms with Crippen molar-refractivity contribution in [2.24, 2.45) is 5.92 Å². The lowest BCUT2D eigenvalue weighted by atomic mass is 9.91. The van der Waals surface area contributed by atoms with Crippen molar-refractivity contribution in [3.05, 3.63) is 144 Å². The Labute approximate surface area is 285 Å². The summed E-state index contributed by atoms with van der Waals surface area (Å²) in [7, 11) is 1.67. The second kappa shape index (κ2) is 15.9. The molecule has 0 bridgehead atoms. The van der Waals surface area contributed by atoms with E-state index in [-0.39, 0.29) is 30.8 Å². The standard InChI is InChI=1S/C39H38N2O6S/c1-26-35(25-48-36-14-7-6-13-34(36)44-2)46-38(47-37(26)28-17-15-27(24-42)16-18-28)29-9-8-10-31(23-29)41-39(43)40-30-19-21-33(22-20-30)45-32-11-4-3-5-12-32/h3-23,26,35,37-38,42H,24-25H2,1-2H3,(H2,40,41,43). The lowest BCUT2D eigenvalue weighted by Crippen LogP contribution is -2.38. The molecule has 2 amide bonds. The predicted octanol–water partition coefficient (Wildman–Crippen LogP) is 9.21. The van der Waals surface area contributed by atoms with Crippen LogP contribution in [0.3, 0.4) is 0 Å². The van der Waals surface area contributed by atoms with Crippen molar-refractivity contribution >= 4 is 29.2 Å². The van der Waals surface area contributed by atoms with Gasteiger partial charge in [-0.05, 0) is 71.8 Å². The molecule has 3 N–H and O–H groups in total. The third kappa shape index (κ3) is 8.37. The van der Waals surface area contributed by atoms with Crippen LogP contribution in [-0.2, 0) is 16.1 Å². The summed E-state index contributed by atoms with van der Waals surface area (Å²) in [6.07, 6.45) is -1.09. The molecule has 0 radical (unpaired) electrons. The van der Waals surface area contributed by atoms with Gasteiger partial charge in [-0.25, -0.2) is 4.79 Å². The average molecular weight is 663 g/mol. The Balaban J connectivity index is 1.15. The van der Waals surface area contributed by atoms with Crippen molar-refractivity contribution in [2.45, 2.75) is 36.9 Å². The lowest BCUT2D eigenvalue weighted by Gasteiger charge is -2.41. The normalized spacial score (nSPS) is 18.9. The van der Waals surface area contributed by atoms with Gasteiger partial charge in [0.15, 0.2) is 6.29 Å². The second-order valence-electron chi connectivity index (χ2n) is 11.4. The first-order valence-electron chi connectivity index (χ1n) is 15.8. The van der Waals surface area contributed by atoms with E-state index in [0.29, 0.717) is 22.9 Å². The summed E-state index contributed by atoms with van der Waals surface area (Å²) in [5.41, 5.74) is 3.86. The van der Waals surface area contributed by atoms with Crippen LogP contribution in [0.2, 0.25) is 0 Å². The molecule has 4 atom stereocenters. The van der Waals surface area contributed by atoms with Gasteiger partial charge in [-0.1, -0.05) is 73.7 Å². The lowest BCUT2D eigenvalue weighted by molar-refractivity contribution is -0.268. The number of thioether (sulfide) groups is 1. The van der Waals surface area contributed by atoms with Crippen molar-refractivity contribution < 1.29 is 28.8 Å². The number of aliphatic hydroxyl groups is 1. The number of anilines is 2. The Morgan fingerprint density at radius 2 is 1.48 bits per heavy atom. The van der Waals surface area contributed by atoms with Crippen LogP contribution in [0.4, 0.5) is 16.2 Å². The van der Waals surface area contributed by atoms with Crippen LogP contribution in [0, 0.1) is 5.92 Å². The fourth-order valence-corrected chi connectivity index (χ4v) is 6.70. The van der Waals surface area contributed by atoms with Crippen LogP contribution in [0.1, 0.15) is 36.0 Å². The van der Waals surface area contributed by atoms with Gasteiger partial charge in [0.05, 0.1) is 25.9 Å². The topological polar surface area (TPSA) is 98.3 Å². The molecule has 5 aromatic rings. The summed E-state index contributed by atoms with van der Waals surface area (Å²) < 4.78 is 24.7. The van der Waals surface area contributed by atoms with E-state index in [0.717, 1.165) is 33.1 Å². The molecule has 0 aromatic heterocycles. The van der Waals surface area contributed by atoms with Crippen LogP contribution in [0.5, 0.6) is 17.2 Å². The molecule has 246 valence electrons. The van der Waals surface area contributed by atoms with Crippen molar-refractivity contribution in [3.8, 4) is 17.2 Å². The molecule has 1 fully saturated rings. The number of benzene rings is 5. The number of nitrogens with one attached hydrogen (secondary N) is 2. The van der Waals surface area contributed by atoms with Gasteiger partial charge in [0.1, 0.15) is 17.2 Å². The quantitative estimate of drug-likeness (QED) is 0.121. The molecule has 5 aromatic carbocycles. The summed E-state index contributed by atoms with van der Waals surface area (Å²) >= 11 is 1.68. The first-order valence-corrected chi connectivity index (χ1v) is 16.7. The first-order chi connectivity index (χ1) is 23.5. The maximum atomic E-state index is 13.0. The molecule has 1 aliphatic rings. The third-order valence-electron chi connectivity index (χ3n) is 8.10. The minimum atomic E-state index is -0.672. The summed E-state index contributed by atoms with van der Waals surface area (Å²) in [4.78, 5) is 14.0. The molecule has 8 nitrogen and oxygen atoms in total. The van der Waals surface area contributed by atoms with E-state index >= 15 is 0 Å². The maximum Gasteiger partial charge on any atom is 0.323 e. The molecule has 4 unspecified atom stereocenters. The fourth-order valence-electron chi connectivity index (χ4n) is 5.51. The number of amides is 2. The first kappa shape index (κ1) is 33.1.